The Labute approximate surface area is 165 Å². The molecule has 2 aromatic carbocycles. The van der Waals surface area contributed by atoms with Gasteiger partial charge in [-0.2, -0.15) is 0 Å². The molecule has 0 aromatic heterocycles. The zero-order valence-electron chi connectivity index (χ0n) is 16.1. The van der Waals surface area contributed by atoms with E-state index < -0.39 is 24.1 Å². The summed E-state index contributed by atoms with van der Waals surface area (Å²) < 4.78 is 5.19. The molecule has 0 heterocycles. The molecule has 0 aliphatic rings. The molecule has 0 bridgehead atoms. The van der Waals surface area contributed by atoms with Crippen LogP contribution in [0.5, 0.6) is 0 Å². The van der Waals surface area contributed by atoms with E-state index in [-0.39, 0.29) is 12.5 Å². The maximum Gasteiger partial charge on any atom is 0.408 e. The predicted octanol–water partition coefficient (Wildman–Crippen LogP) is 2.86. The van der Waals surface area contributed by atoms with Crippen LogP contribution >= 0.6 is 0 Å². The largest absolute Gasteiger partial charge is 0.445 e. The summed E-state index contributed by atoms with van der Waals surface area (Å²) in [7, 11) is 0. The molecule has 2 amide bonds. The molecule has 2 rings (SSSR count). The lowest BCUT2D eigenvalue weighted by Crippen LogP contribution is -2.52. The number of hydrogen-bond acceptors (Lipinski definition) is 4. The summed E-state index contributed by atoms with van der Waals surface area (Å²) in [5, 5.41) is 5.29. The van der Waals surface area contributed by atoms with Gasteiger partial charge in [0.25, 0.3) is 0 Å². The number of carbonyl (C=O) groups is 3. The number of carbonyl (C=O) groups excluding carboxylic acids is 3. The zero-order valence-corrected chi connectivity index (χ0v) is 16.1. The van der Waals surface area contributed by atoms with Crippen LogP contribution in [0.2, 0.25) is 0 Å². The molecule has 1 unspecified atom stereocenters. The number of alkyl carbamates (subject to hydrolysis) is 1. The van der Waals surface area contributed by atoms with Gasteiger partial charge in [-0.3, -0.25) is 4.79 Å². The van der Waals surface area contributed by atoms with Gasteiger partial charge in [0, 0.05) is 0 Å². The number of nitrogens with one attached hydrogen (secondary N) is 2. The molecule has 0 saturated heterocycles. The maximum atomic E-state index is 12.6. The second-order valence-corrected chi connectivity index (χ2v) is 6.87. The number of amides is 2. The van der Waals surface area contributed by atoms with Gasteiger partial charge in [0.15, 0.2) is 0 Å². The first-order chi connectivity index (χ1) is 13.5. The van der Waals surface area contributed by atoms with Crippen molar-refractivity contribution in [2.24, 2.45) is 5.92 Å². The molecule has 0 radical (unpaired) electrons. The van der Waals surface area contributed by atoms with Gasteiger partial charge in [-0.15, -0.1) is 0 Å². The number of hydrogen-bond donors (Lipinski definition) is 2. The Hall–Kier alpha value is -3.15. The smallest absolute Gasteiger partial charge is 0.408 e. The SMILES string of the molecule is CC(C)C(NC(=O)OCc1ccccc1)C(=O)N[C@H](C=O)Cc1ccccc1. The molecule has 6 heteroatoms. The Balaban J connectivity index is 1.90. The van der Waals surface area contributed by atoms with E-state index in [2.05, 4.69) is 10.6 Å². The Morgan fingerprint density at radius 1 is 0.929 bits per heavy atom. The van der Waals surface area contributed by atoms with Crippen molar-refractivity contribution in [1.82, 2.24) is 10.6 Å². The van der Waals surface area contributed by atoms with E-state index in [0.717, 1.165) is 11.1 Å². The van der Waals surface area contributed by atoms with E-state index in [1.165, 1.54) is 0 Å². The van der Waals surface area contributed by atoms with Crippen LogP contribution in [0.25, 0.3) is 0 Å². The fraction of sp³-hybridized carbons (Fsp3) is 0.318. The van der Waals surface area contributed by atoms with E-state index >= 15 is 0 Å². The van der Waals surface area contributed by atoms with Crippen molar-refractivity contribution < 1.29 is 19.1 Å². The molecular formula is C22H26N2O4. The van der Waals surface area contributed by atoms with Gasteiger partial charge in [0.2, 0.25) is 5.91 Å². The molecule has 2 atom stereocenters. The molecule has 0 aliphatic carbocycles. The predicted molar refractivity (Wildman–Crippen MR) is 107 cm³/mol. The fourth-order valence-corrected chi connectivity index (χ4v) is 2.70. The van der Waals surface area contributed by atoms with Crippen LogP contribution in [0, 0.1) is 5.92 Å². The van der Waals surface area contributed by atoms with E-state index in [4.69, 9.17) is 4.74 Å². The molecular weight excluding hydrogens is 356 g/mol. The highest BCUT2D eigenvalue weighted by molar-refractivity contribution is 5.87. The van der Waals surface area contributed by atoms with Crippen LogP contribution in [0.15, 0.2) is 60.7 Å². The van der Waals surface area contributed by atoms with Crippen LogP contribution in [-0.4, -0.2) is 30.4 Å². The molecule has 148 valence electrons. The van der Waals surface area contributed by atoms with Crippen molar-refractivity contribution in [3.63, 3.8) is 0 Å². The summed E-state index contributed by atoms with van der Waals surface area (Å²) in [6.45, 7) is 3.74. The molecule has 0 spiro atoms. The van der Waals surface area contributed by atoms with E-state index in [1.54, 1.807) is 0 Å². The Bertz CT molecular complexity index is 763. The summed E-state index contributed by atoms with van der Waals surface area (Å²) in [5.41, 5.74) is 1.79. The van der Waals surface area contributed by atoms with Crippen molar-refractivity contribution in [1.29, 1.82) is 0 Å². The van der Waals surface area contributed by atoms with Crippen LogP contribution in [0.1, 0.15) is 25.0 Å². The first-order valence-electron chi connectivity index (χ1n) is 9.26. The van der Waals surface area contributed by atoms with E-state index in [1.807, 2.05) is 74.5 Å². The highest BCUT2D eigenvalue weighted by Gasteiger charge is 2.26. The van der Waals surface area contributed by atoms with Gasteiger partial charge in [-0.25, -0.2) is 4.79 Å². The Morgan fingerprint density at radius 2 is 1.50 bits per heavy atom. The molecule has 2 aromatic rings. The summed E-state index contributed by atoms with van der Waals surface area (Å²) in [6, 6.07) is 17.2. The van der Waals surface area contributed by atoms with Gasteiger partial charge >= 0.3 is 6.09 Å². The minimum atomic E-state index is -0.804. The van der Waals surface area contributed by atoms with Gasteiger partial charge < -0.3 is 20.2 Å². The molecule has 0 fully saturated rings. The standard InChI is InChI=1S/C22H26N2O4/c1-16(2)20(24-22(27)28-15-18-11-7-4-8-12-18)21(26)23-19(14-25)13-17-9-5-3-6-10-17/h3-12,14,16,19-20H,13,15H2,1-2H3,(H,23,26)(H,24,27)/t19-,20?/m0/s1. The van der Waals surface area contributed by atoms with Crippen LogP contribution in [0.4, 0.5) is 4.79 Å². The first kappa shape index (κ1) is 21.2. The van der Waals surface area contributed by atoms with Crippen LogP contribution in [-0.2, 0) is 27.4 Å². The molecule has 0 saturated carbocycles. The summed E-state index contributed by atoms with van der Waals surface area (Å²) in [6.07, 6.45) is 0.415. The minimum Gasteiger partial charge on any atom is -0.445 e. The lowest BCUT2D eigenvalue weighted by molar-refractivity contribution is -0.126. The highest BCUT2D eigenvalue weighted by Crippen LogP contribution is 2.07. The van der Waals surface area contributed by atoms with Gasteiger partial charge in [-0.05, 0) is 23.5 Å². The highest BCUT2D eigenvalue weighted by atomic mass is 16.5. The van der Waals surface area contributed by atoms with Crippen molar-refractivity contribution in [2.75, 3.05) is 0 Å². The Kier molecular flexibility index (Phi) is 8.21. The number of rotatable bonds is 9. The zero-order chi connectivity index (χ0) is 20.4. The molecule has 2 N–H and O–H groups in total. The maximum absolute atomic E-state index is 12.6. The number of benzene rings is 2. The van der Waals surface area contributed by atoms with Crippen LogP contribution < -0.4 is 10.6 Å². The lowest BCUT2D eigenvalue weighted by Gasteiger charge is -2.23. The van der Waals surface area contributed by atoms with Crippen molar-refractivity contribution in [3.05, 3.63) is 71.8 Å². The third-order valence-electron chi connectivity index (χ3n) is 4.23. The normalized spacial score (nSPS) is 12.7. The average molecular weight is 382 g/mol. The lowest BCUT2D eigenvalue weighted by atomic mass is 10.0. The topological polar surface area (TPSA) is 84.5 Å². The first-order valence-corrected chi connectivity index (χ1v) is 9.26. The summed E-state index contributed by atoms with van der Waals surface area (Å²) in [5.74, 6) is -0.590. The van der Waals surface area contributed by atoms with Crippen molar-refractivity contribution >= 4 is 18.3 Å². The fourth-order valence-electron chi connectivity index (χ4n) is 2.70. The van der Waals surface area contributed by atoms with Crippen molar-refractivity contribution in [3.8, 4) is 0 Å². The second-order valence-electron chi connectivity index (χ2n) is 6.87. The number of ether oxygens (including phenoxy) is 1. The van der Waals surface area contributed by atoms with Gasteiger partial charge in [0.1, 0.15) is 18.9 Å². The van der Waals surface area contributed by atoms with Gasteiger partial charge in [0.05, 0.1) is 6.04 Å². The second kappa shape index (κ2) is 10.9. The summed E-state index contributed by atoms with van der Waals surface area (Å²) in [4.78, 5) is 36.1. The Morgan fingerprint density at radius 3 is 2.04 bits per heavy atom. The third kappa shape index (κ3) is 6.87. The van der Waals surface area contributed by atoms with Gasteiger partial charge in [-0.1, -0.05) is 74.5 Å². The van der Waals surface area contributed by atoms with E-state index in [0.29, 0.717) is 12.7 Å². The van der Waals surface area contributed by atoms with Crippen molar-refractivity contribution in [2.45, 2.75) is 39.0 Å². The van der Waals surface area contributed by atoms with E-state index in [9.17, 15) is 14.4 Å². The molecule has 0 aliphatic heterocycles. The van der Waals surface area contributed by atoms with Crippen LogP contribution in [0.3, 0.4) is 0 Å². The number of aldehydes is 1. The monoisotopic (exact) mass is 382 g/mol. The average Bonchev–Trinajstić information content (AvgIpc) is 2.71. The molecule has 28 heavy (non-hydrogen) atoms. The summed E-state index contributed by atoms with van der Waals surface area (Å²) >= 11 is 0. The minimum absolute atomic E-state index is 0.115. The molecule has 6 nitrogen and oxygen atoms in total. The third-order valence-corrected chi connectivity index (χ3v) is 4.23. The quantitative estimate of drug-likeness (QED) is 0.653.